The number of rotatable bonds is 5. The second-order valence-electron chi connectivity index (χ2n) is 5.58. The zero-order valence-corrected chi connectivity index (χ0v) is 14.1. The zero-order chi connectivity index (χ0) is 14.7. The van der Waals surface area contributed by atoms with E-state index in [1.807, 2.05) is 18.2 Å². The molecule has 0 saturated heterocycles. The first-order valence-electron chi connectivity index (χ1n) is 7.16. The number of hydrogen-bond donors (Lipinski definition) is 1. The molecule has 0 amide bonds. The van der Waals surface area contributed by atoms with Crippen LogP contribution in [-0.2, 0) is 11.8 Å². The van der Waals surface area contributed by atoms with E-state index >= 15 is 0 Å². The van der Waals surface area contributed by atoms with Gasteiger partial charge in [-0.15, -0.1) is 11.3 Å². The van der Waals surface area contributed by atoms with E-state index in [-0.39, 0.29) is 5.41 Å². The first-order valence-corrected chi connectivity index (χ1v) is 8.77. The van der Waals surface area contributed by atoms with E-state index < -0.39 is 0 Å². The molecule has 1 aliphatic carbocycles. The maximum absolute atomic E-state index is 9.53. The summed E-state index contributed by atoms with van der Waals surface area (Å²) in [4.78, 5) is 1.39. The van der Waals surface area contributed by atoms with E-state index in [1.165, 1.54) is 8.66 Å². The molecule has 2 nitrogen and oxygen atoms in total. The van der Waals surface area contributed by atoms with Crippen molar-refractivity contribution >= 4 is 27.3 Å². The van der Waals surface area contributed by atoms with E-state index in [0.29, 0.717) is 6.04 Å². The van der Waals surface area contributed by atoms with Crippen molar-refractivity contribution in [1.29, 1.82) is 5.26 Å². The molecule has 108 valence electrons. The SMILES string of the molecule is N#CC1(c2ccccc2)CC(NCCc2ccc(Br)s2)C1. The number of nitrogens with zero attached hydrogens (tertiary/aromatic N) is 1. The first-order chi connectivity index (χ1) is 10.2. The zero-order valence-electron chi connectivity index (χ0n) is 11.7. The van der Waals surface area contributed by atoms with Gasteiger partial charge in [-0.2, -0.15) is 5.26 Å². The average molecular weight is 361 g/mol. The second kappa shape index (κ2) is 6.31. The van der Waals surface area contributed by atoms with Crippen molar-refractivity contribution in [1.82, 2.24) is 5.32 Å². The normalized spacial score (nSPS) is 24.3. The van der Waals surface area contributed by atoms with Crippen LogP contribution in [0.4, 0.5) is 0 Å². The van der Waals surface area contributed by atoms with Crippen LogP contribution in [0.2, 0.25) is 0 Å². The molecule has 1 N–H and O–H groups in total. The van der Waals surface area contributed by atoms with Gasteiger partial charge < -0.3 is 5.32 Å². The monoisotopic (exact) mass is 360 g/mol. The molecular weight excluding hydrogens is 344 g/mol. The van der Waals surface area contributed by atoms with Gasteiger partial charge in [0.2, 0.25) is 0 Å². The minimum Gasteiger partial charge on any atom is -0.313 e. The Kier molecular flexibility index (Phi) is 4.44. The third kappa shape index (κ3) is 3.21. The molecular formula is C17H17BrN2S. The minimum absolute atomic E-state index is 0.273. The quantitative estimate of drug-likeness (QED) is 0.864. The van der Waals surface area contributed by atoms with Crippen LogP contribution in [0.5, 0.6) is 0 Å². The maximum atomic E-state index is 9.53. The van der Waals surface area contributed by atoms with Gasteiger partial charge in [0.15, 0.2) is 0 Å². The minimum atomic E-state index is -0.273. The van der Waals surface area contributed by atoms with Crippen molar-refractivity contribution < 1.29 is 0 Å². The summed E-state index contributed by atoms with van der Waals surface area (Å²) in [5.74, 6) is 0. The van der Waals surface area contributed by atoms with Gasteiger partial charge in [-0.05, 0) is 52.9 Å². The highest BCUT2D eigenvalue weighted by Crippen LogP contribution is 2.43. The van der Waals surface area contributed by atoms with Crippen molar-refractivity contribution in [3.63, 3.8) is 0 Å². The third-order valence-corrected chi connectivity index (χ3v) is 5.85. The van der Waals surface area contributed by atoms with Crippen LogP contribution in [-0.4, -0.2) is 12.6 Å². The molecule has 1 aliphatic rings. The topological polar surface area (TPSA) is 35.8 Å². The van der Waals surface area contributed by atoms with Gasteiger partial charge >= 0.3 is 0 Å². The summed E-state index contributed by atoms with van der Waals surface area (Å²) in [6.07, 6.45) is 2.89. The van der Waals surface area contributed by atoms with Gasteiger partial charge in [0.05, 0.1) is 15.3 Å². The van der Waals surface area contributed by atoms with E-state index in [0.717, 1.165) is 31.4 Å². The highest BCUT2D eigenvalue weighted by molar-refractivity contribution is 9.11. The lowest BCUT2D eigenvalue weighted by atomic mass is 9.62. The Bertz CT molecular complexity index is 638. The number of halogens is 1. The Morgan fingerprint density at radius 2 is 2.00 bits per heavy atom. The molecule has 0 bridgehead atoms. The fourth-order valence-electron chi connectivity index (χ4n) is 2.96. The number of hydrogen-bond acceptors (Lipinski definition) is 3. The van der Waals surface area contributed by atoms with Crippen molar-refractivity contribution in [2.24, 2.45) is 0 Å². The van der Waals surface area contributed by atoms with E-state index in [1.54, 1.807) is 11.3 Å². The Morgan fingerprint density at radius 1 is 1.24 bits per heavy atom. The lowest BCUT2D eigenvalue weighted by molar-refractivity contribution is 0.228. The van der Waals surface area contributed by atoms with Crippen LogP contribution in [0.25, 0.3) is 0 Å². The third-order valence-electron chi connectivity index (χ3n) is 4.16. The molecule has 4 heteroatoms. The van der Waals surface area contributed by atoms with Gasteiger partial charge in [-0.3, -0.25) is 0 Å². The lowest BCUT2D eigenvalue weighted by Crippen LogP contribution is -2.51. The Morgan fingerprint density at radius 3 is 2.62 bits per heavy atom. The molecule has 0 aliphatic heterocycles. The van der Waals surface area contributed by atoms with Crippen LogP contribution in [0, 0.1) is 11.3 Å². The van der Waals surface area contributed by atoms with Gasteiger partial charge in [0.25, 0.3) is 0 Å². The number of thiophene rings is 1. The van der Waals surface area contributed by atoms with Crippen LogP contribution < -0.4 is 5.32 Å². The van der Waals surface area contributed by atoms with Gasteiger partial charge in [-0.1, -0.05) is 30.3 Å². The summed E-state index contributed by atoms with van der Waals surface area (Å²) in [5.41, 5.74) is 0.887. The Balaban J connectivity index is 1.50. The molecule has 0 spiro atoms. The van der Waals surface area contributed by atoms with E-state index in [2.05, 4.69) is 51.6 Å². The summed E-state index contributed by atoms with van der Waals surface area (Å²) >= 11 is 5.28. The van der Waals surface area contributed by atoms with Crippen LogP contribution in [0.1, 0.15) is 23.3 Å². The first kappa shape index (κ1) is 14.8. The molecule has 21 heavy (non-hydrogen) atoms. The fraction of sp³-hybridized carbons (Fsp3) is 0.353. The van der Waals surface area contributed by atoms with Crippen LogP contribution in [0.3, 0.4) is 0 Å². The number of nitriles is 1. The molecule has 1 fully saturated rings. The van der Waals surface area contributed by atoms with Crippen molar-refractivity contribution in [3.05, 3.63) is 56.7 Å². The highest BCUT2D eigenvalue weighted by Gasteiger charge is 2.45. The molecule has 3 rings (SSSR count). The van der Waals surface area contributed by atoms with Crippen LogP contribution >= 0.6 is 27.3 Å². The second-order valence-corrected chi connectivity index (χ2v) is 8.12. The number of nitrogens with one attached hydrogen (secondary N) is 1. The molecule has 0 radical (unpaired) electrons. The predicted molar refractivity (Wildman–Crippen MR) is 90.5 cm³/mol. The molecule has 1 saturated carbocycles. The highest BCUT2D eigenvalue weighted by atomic mass is 79.9. The van der Waals surface area contributed by atoms with Gasteiger partial charge in [0, 0.05) is 17.5 Å². The standard InChI is InChI=1S/C17H17BrN2S/c18-16-7-6-15(21-16)8-9-20-14-10-17(11-14,12-19)13-4-2-1-3-5-13/h1-7,14,20H,8-11H2. The Labute approximate surface area is 137 Å². The molecule has 2 aromatic rings. The summed E-state index contributed by atoms with van der Waals surface area (Å²) in [6, 6.07) is 17.4. The van der Waals surface area contributed by atoms with Crippen molar-refractivity contribution in [3.8, 4) is 6.07 Å². The molecule has 0 atom stereocenters. The Hall–Kier alpha value is -1.15. The molecule has 1 heterocycles. The maximum Gasteiger partial charge on any atom is 0.0852 e. The molecule has 1 aromatic heterocycles. The summed E-state index contributed by atoms with van der Waals surface area (Å²) in [7, 11) is 0. The van der Waals surface area contributed by atoms with E-state index in [4.69, 9.17) is 0 Å². The predicted octanol–water partition coefficient (Wildman–Crippen LogP) is 4.27. The average Bonchev–Trinajstić information content (AvgIpc) is 2.88. The van der Waals surface area contributed by atoms with Gasteiger partial charge in [-0.25, -0.2) is 0 Å². The smallest absolute Gasteiger partial charge is 0.0852 e. The largest absolute Gasteiger partial charge is 0.313 e. The van der Waals surface area contributed by atoms with Crippen LogP contribution in [0.15, 0.2) is 46.3 Å². The number of benzene rings is 1. The summed E-state index contributed by atoms with van der Waals surface area (Å²) in [5, 5.41) is 13.1. The van der Waals surface area contributed by atoms with Gasteiger partial charge in [0.1, 0.15) is 0 Å². The summed E-state index contributed by atoms with van der Waals surface area (Å²) < 4.78 is 1.19. The van der Waals surface area contributed by atoms with E-state index in [9.17, 15) is 5.26 Å². The van der Waals surface area contributed by atoms with Crippen molar-refractivity contribution in [2.45, 2.75) is 30.7 Å². The lowest BCUT2D eigenvalue weighted by Gasteiger charge is -2.43. The molecule has 0 unspecified atom stereocenters. The fourth-order valence-corrected chi connectivity index (χ4v) is 4.44. The summed E-state index contributed by atoms with van der Waals surface area (Å²) in [6.45, 7) is 0.980. The molecule has 1 aromatic carbocycles. The van der Waals surface area contributed by atoms with Crippen molar-refractivity contribution in [2.75, 3.05) is 6.54 Å².